The molecule has 0 amide bonds. The first-order chi connectivity index (χ1) is 13.5. The second kappa shape index (κ2) is 9.21. The molecule has 2 aromatic rings. The van der Waals surface area contributed by atoms with Gasteiger partial charge < -0.3 is 20.1 Å². The summed E-state index contributed by atoms with van der Waals surface area (Å²) in [6.45, 7) is 4.31. The van der Waals surface area contributed by atoms with Crippen LogP contribution in [0.1, 0.15) is 31.0 Å². The first kappa shape index (κ1) is 20.4. The van der Waals surface area contributed by atoms with Gasteiger partial charge in [0.2, 0.25) is 0 Å². The number of allylic oxidation sites excluding steroid dienone is 1. The van der Waals surface area contributed by atoms with Crippen LogP contribution >= 0.6 is 28.1 Å². The number of carbonyl (C=O) groups is 1. The smallest absolute Gasteiger partial charge is 0.338 e. The number of carbonyl (C=O) groups excluding carboxylic acids is 1. The van der Waals surface area contributed by atoms with Crippen LogP contribution in [-0.4, -0.2) is 17.7 Å². The lowest BCUT2D eigenvalue weighted by molar-refractivity contribution is -0.139. The van der Waals surface area contributed by atoms with Crippen LogP contribution in [0, 0.1) is 0 Å². The van der Waals surface area contributed by atoms with E-state index in [0.717, 1.165) is 15.6 Å². The van der Waals surface area contributed by atoms with E-state index in [-0.39, 0.29) is 5.97 Å². The van der Waals surface area contributed by atoms with Gasteiger partial charge in [0.15, 0.2) is 5.11 Å². The van der Waals surface area contributed by atoms with E-state index in [1.54, 1.807) is 6.92 Å². The van der Waals surface area contributed by atoms with Crippen molar-refractivity contribution >= 4 is 39.2 Å². The molecule has 146 valence electrons. The molecule has 1 atom stereocenters. The average molecular weight is 461 g/mol. The normalized spacial score (nSPS) is 16.2. The van der Waals surface area contributed by atoms with Gasteiger partial charge in [-0.2, -0.15) is 0 Å². The summed E-state index contributed by atoms with van der Waals surface area (Å²) in [6.07, 6.45) is 0. The summed E-state index contributed by atoms with van der Waals surface area (Å²) in [4.78, 5) is 12.6. The van der Waals surface area contributed by atoms with E-state index in [4.69, 9.17) is 21.7 Å². The summed E-state index contributed by atoms with van der Waals surface area (Å²) < 4.78 is 12.2. The van der Waals surface area contributed by atoms with Crippen molar-refractivity contribution in [1.82, 2.24) is 10.6 Å². The number of nitrogens with one attached hydrogen (secondary N) is 2. The number of esters is 1. The minimum absolute atomic E-state index is 0.294. The Balaban J connectivity index is 1.97. The van der Waals surface area contributed by atoms with Gasteiger partial charge in [0.25, 0.3) is 0 Å². The van der Waals surface area contributed by atoms with Crippen LogP contribution in [0.4, 0.5) is 0 Å². The van der Waals surface area contributed by atoms with Crippen LogP contribution in [0.25, 0.3) is 0 Å². The van der Waals surface area contributed by atoms with Gasteiger partial charge in [-0.25, -0.2) is 4.79 Å². The van der Waals surface area contributed by atoms with E-state index in [2.05, 4.69) is 26.6 Å². The Morgan fingerprint density at radius 1 is 1.21 bits per heavy atom. The highest BCUT2D eigenvalue weighted by Gasteiger charge is 2.32. The molecule has 5 nitrogen and oxygen atoms in total. The third-order valence-corrected chi connectivity index (χ3v) is 5.00. The molecule has 0 aliphatic carbocycles. The van der Waals surface area contributed by atoms with E-state index in [0.29, 0.717) is 35.3 Å². The second-order valence-electron chi connectivity index (χ2n) is 6.25. The fourth-order valence-corrected chi connectivity index (χ4v) is 3.67. The summed E-state index contributed by atoms with van der Waals surface area (Å²) in [5.74, 6) is 0.283. The molecule has 2 N–H and O–H groups in total. The molecule has 0 fully saturated rings. The standard InChI is InChI=1S/C21H21BrN2O3S/c1-3-26-20(25)18-13(2)23-21(28)24-19(18)16-11-15(22)9-10-17(16)27-12-14-7-5-4-6-8-14/h4-11,19H,3,12H2,1-2H3,(H2,23,24,28)/t19-/m1/s1. The molecule has 0 radical (unpaired) electrons. The van der Waals surface area contributed by atoms with Gasteiger partial charge >= 0.3 is 5.97 Å². The topological polar surface area (TPSA) is 59.6 Å². The van der Waals surface area contributed by atoms with E-state index in [9.17, 15) is 4.79 Å². The highest BCUT2D eigenvalue weighted by molar-refractivity contribution is 9.10. The van der Waals surface area contributed by atoms with Crippen molar-refractivity contribution in [1.29, 1.82) is 0 Å². The van der Waals surface area contributed by atoms with Crippen LogP contribution < -0.4 is 15.4 Å². The van der Waals surface area contributed by atoms with Crippen molar-refractivity contribution in [2.75, 3.05) is 6.61 Å². The number of halogens is 1. The Hall–Kier alpha value is -2.38. The molecular formula is C21H21BrN2O3S. The van der Waals surface area contributed by atoms with Crippen molar-refractivity contribution in [2.24, 2.45) is 0 Å². The molecule has 0 bridgehead atoms. The quantitative estimate of drug-likeness (QED) is 0.492. The van der Waals surface area contributed by atoms with Gasteiger partial charge in [-0.15, -0.1) is 0 Å². The van der Waals surface area contributed by atoms with E-state index < -0.39 is 6.04 Å². The fourth-order valence-electron chi connectivity index (χ4n) is 3.02. The zero-order chi connectivity index (χ0) is 20.1. The predicted molar refractivity (Wildman–Crippen MR) is 116 cm³/mol. The molecule has 7 heteroatoms. The molecule has 1 aliphatic heterocycles. The molecule has 0 aromatic heterocycles. The summed E-state index contributed by atoms with van der Waals surface area (Å²) in [5.41, 5.74) is 3.01. The molecular weight excluding hydrogens is 440 g/mol. The van der Waals surface area contributed by atoms with Crippen molar-refractivity contribution in [3.8, 4) is 5.75 Å². The zero-order valence-corrected chi connectivity index (χ0v) is 18.0. The third-order valence-electron chi connectivity index (χ3n) is 4.28. The first-order valence-electron chi connectivity index (χ1n) is 8.91. The minimum atomic E-state index is -0.476. The van der Waals surface area contributed by atoms with Crippen LogP contribution in [0.3, 0.4) is 0 Å². The van der Waals surface area contributed by atoms with Crippen LogP contribution in [0.2, 0.25) is 0 Å². The minimum Gasteiger partial charge on any atom is -0.489 e. The Morgan fingerprint density at radius 2 is 1.96 bits per heavy atom. The maximum Gasteiger partial charge on any atom is 0.338 e. The number of hydrogen-bond acceptors (Lipinski definition) is 4. The molecule has 0 saturated heterocycles. The van der Waals surface area contributed by atoms with Gasteiger partial charge in [0, 0.05) is 15.7 Å². The zero-order valence-electron chi connectivity index (χ0n) is 15.6. The van der Waals surface area contributed by atoms with Crippen LogP contribution in [-0.2, 0) is 16.1 Å². The summed E-state index contributed by atoms with van der Waals surface area (Å²) in [6, 6.07) is 15.2. The fraction of sp³-hybridized carbons (Fsp3) is 0.238. The van der Waals surface area contributed by atoms with E-state index in [1.165, 1.54) is 0 Å². The van der Waals surface area contributed by atoms with Crippen LogP contribution in [0.15, 0.2) is 64.3 Å². The lowest BCUT2D eigenvalue weighted by atomic mass is 9.95. The van der Waals surface area contributed by atoms with Crippen LogP contribution in [0.5, 0.6) is 5.75 Å². The SMILES string of the molecule is CCOC(=O)C1=C(C)NC(=S)N[C@@H]1c1cc(Br)ccc1OCc1ccccc1. The Bertz CT molecular complexity index is 915. The lowest BCUT2D eigenvalue weighted by Crippen LogP contribution is -2.45. The molecule has 28 heavy (non-hydrogen) atoms. The summed E-state index contributed by atoms with van der Waals surface area (Å²) in [5, 5.41) is 6.63. The van der Waals surface area contributed by atoms with E-state index >= 15 is 0 Å². The first-order valence-corrected chi connectivity index (χ1v) is 10.1. The summed E-state index contributed by atoms with van der Waals surface area (Å²) >= 11 is 8.83. The molecule has 3 rings (SSSR count). The van der Waals surface area contributed by atoms with Gasteiger partial charge in [0.1, 0.15) is 12.4 Å². The molecule has 0 unspecified atom stereocenters. The van der Waals surface area contributed by atoms with Gasteiger partial charge in [0.05, 0.1) is 18.2 Å². The number of hydrogen-bond donors (Lipinski definition) is 2. The van der Waals surface area contributed by atoms with Crippen molar-refractivity contribution < 1.29 is 14.3 Å². The number of ether oxygens (including phenoxy) is 2. The van der Waals surface area contributed by atoms with Crippen molar-refractivity contribution in [2.45, 2.75) is 26.5 Å². The Morgan fingerprint density at radius 3 is 2.68 bits per heavy atom. The Kier molecular flexibility index (Phi) is 6.70. The second-order valence-corrected chi connectivity index (χ2v) is 7.57. The molecule has 1 aliphatic rings. The average Bonchev–Trinajstić information content (AvgIpc) is 2.67. The Labute approximate surface area is 178 Å². The van der Waals surface area contributed by atoms with Gasteiger partial charge in [-0.1, -0.05) is 46.3 Å². The monoisotopic (exact) mass is 460 g/mol. The highest BCUT2D eigenvalue weighted by Crippen LogP contribution is 2.35. The maximum absolute atomic E-state index is 12.6. The largest absolute Gasteiger partial charge is 0.489 e. The summed E-state index contributed by atoms with van der Waals surface area (Å²) in [7, 11) is 0. The molecule has 1 heterocycles. The number of thiocarbonyl (C=S) groups is 1. The van der Waals surface area contributed by atoms with Gasteiger partial charge in [-0.3, -0.25) is 0 Å². The van der Waals surface area contributed by atoms with Gasteiger partial charge in [-0.05, 0) is 49.8 Å². The van der Waals surface area contributed by atoms with Crippen molar-refractivity contribution in [3.05, 3.63) is 75.4 Å². The predicted octanol–water partition coefficient (Wildman–Crippen LogP) is 4.38. The highest BCUT2D eigenvalue weighted by atomic mass is 79.9. The molecule has 2 aromatic carbocycles. The number of benzene rings is 2. The van der Waals surface area contributed by atoms with Crippen molar-refractivity contribution in [3.63, 3.8) is 0 Å². The molecule has 0 saturated carbocycles. The lowest BCUT2D eigenvalue weighted by Gasteiger charge is -2.31. The number of rotatable bonds is 6. The van der Waals surface area contributed by atoms with E-state index in [1.807, 2.05) is 55.5 Å². The molecule has 0 spiro atoms. The third kappa shape index (κ3) is 4.72. The maximum atomic E-state index is 12.6.